The average Bonchev–Trinajstić information content (AvgIpc) is 2.84. The highest BCUT2D eigenvalue weighted by Crippen LogP contribution is 2.17. The predicted molar refractivity (Wildman–Crippen MR) is 139 cm³/mol. The van der Waals surface area contributed by atoms with Gasteiger partial charge >= 0.3 is 12.1 Å². The van der Waals surface area contributed by atoms with Crippen LogP contribution in [0.1, 0.15) is 27.9 Å². The average molecular weight is 533 g/mol. The fourth-order valence-electron chi connectivity index (χ4n) is 3.43. The SMILES string of the molecule is Cc1cccc(C(=O)Nc2ccnc(N(C)CCCN(C)Cc3cccc(O)c3)c2)c1.O=C(O)C(F)(F)F. The number of aromatic hydroxyl groups is 1. The number of phenols is 1. The number of anilines is 2. The van der Waals surface area contributed by atoms with Crippen molar-refractivity contribution in [3.63, 3.8) is 0 Å². The van der Waals surface area contributed by atoms with Gasteiger partial charge in [0.2, 0.25) is 0 Å². The first-order chi connectivity index (χ1) is 17.8. The monoisotopic (exact) mass is 532 g/mol. The maximum absolute atomic E-state index is 12.5. The highest BCUT2D eigenvalue weighted by Gasteiger charge is 2.38. The van der Waals surface area contributed by atoms with Crippen molar-refractivity contribution < 1.29 is 33.0 Å². The minimum Gasteiger partial charge on any atom is -0.508 e. The van der Waals surface area contributed by atoms with E-state index < -0.39 is 12.1 Å². The molecular weight excluding hydrogens is 501 g/mol. The molecule has 2 aromatic carbocycles. The van der Waals surface area contributed by atoms with E-state index in [1.54, 1.807) is 24.4 Å². The number of nitrogens with one attached hydrogen (secondary N) is 1. The molecule has 0 unspecified atom stereocenters. The van der Waals surface area contributed by atoms with E-state index in [1.165, 1.54) is 0 Å². The summed E-state index contributed by atoms with van der Waals surface area (Å²) in [7, 11) is 4.08. The van der Waals surface area contributed by atoms with Gasteiger partial charge in [-0.3, -0.25) is 4.79 Å². The van der Waals surface area contributed by atoms with E-state index >= 15 is 0 Å². The first-order valence-corrected chi connectivity index (χ1v) is 11.7. The highest BCUT2D eigenvalue weighted by molar-refractivity contribution is 6.04. The molecule has 1 amide bonds. The van der Waals surface area contributed by atoms with E-state index in [4.69, 9.17) is 9.90 Å². The lowest BCUT2D eigenvalue weighted by molar-refractivity contribution is -0.192. The number of halogens is 3. The molecule has 0 saturated carbocycles. The standard InChI is InChI=1S/C25H30N4O2.C2HF3O2/c1-19-7-4-9-21(15-19)25(31)27-22-11-12-26-24(17-22)29(3)14-6-13-28(2)18-20-8-5-10-23(30)16-20;3-2(4,5)1(6)7/h4-5,7-12,15-17,30H,6,13-14,18H2,1-3H3,(H,26,27,31);(H,6,7). The van der Waals surface area contributed by atoms with Gasteiger partial charge in [-0.1, -0.05) is 29.8 Å². The van der Waals surface area contributed by atoms with Crippen molar-refractivity contribution in [1.29, 1.82) is 0 Å². The van der Waals surface area contributed by atoms with Crippen LogP contribution in [0.2, 0.25) is 0 Å². The largest absolute Gasteiger partial charge is 0.508 e. The Morgan fingerprint density at radius 3 is 2.32 bits per heavy atom. The van der Waals surface area contributed by atoms with Crippen LogP contribution in [0.3, 0.4) is 0 Å². The highest BCUT2D eigenvalue weighted by atomic mass is 19.4. The zero-order chi connectivity index (χ0) is 28.3. The van der Waals surface area contributed by atoms with E-state index in [-0.39, 0.29) is 5.91 Å². The van der Waals surface area contributed by atoms with Crippen LogP contribution in [0, 0.1) is 6.92 Å². The molecule has 1 aromatic heterocycles. The van der Waals surface area contributed by atoms with Gasteiger partial charge in [0.05, 0.1) is 0 Å². The third-order valence-corrected chi connectivity index (χ3v) is 5.31. The summed E-state index contributed by atoms with van der Waals surface area (Å²) >= 11 is 0. The first-order valence-electron chi connectivity index (χ1n) is 11.7. The molecule has 204 valence electrons. The van der Waals surface area contributed by atoms with Crippen LogP contribution in [0.15, 0.2) is 66.9 Å². The van der Waals surface area contributed by atoms with Gasteiger partial charge in [0, 0.05) is 43.7 Å². The summed E-state index contributed by atoms with van der Waals surface area (Å²) < 4.78 is 31.7. The van der Waals surface area contributed by atoms with E-state index in [0.29, 0.717) is 11.3 Å². The topological polar surface area (TPSA) is 106 Å². The second kappa shape index (κ2) is 14.0. The Balaban J connectivity index is 0.000000638. The molecule has 11 heteroatoms. The Kier molecular flexibility index (Phi) is 11.1. The second-order valence-electron chi connectivity index (χ2n) is 8.71. The van der Waals surface area contributed by atoms with E-state index in [2.05, 4.69) is 27.1 Å². The number of nitrogens with zero attached hydrogens (tertiary/aromatic N) is 3. The van der Waals surface area contributed by atoms with Crippen molar-refractivity contribution in [2.75, 3.05) is 37.4 Å². The number of hydrogen-bond acceptors (Lipinski definition) is 6. The molecule has 1 heterocycles. The number of alkyl halides is 3. The fourth-order valence-corrected chi connectivity index (χ4v) is 3.43. The van der Waals surface area contributed by atoms with Gasteiger partial charge in [-0.05, 0) is 62.8 Å². The molecule has 0 radical (unpaired) electrons. The lowest BCUT2D eigenvalue weighted by Gasteiger charge is -2.21. The number of phenolic OH excluding ortho intramolecular Hbond substituents is 1. The van der Waals surface area contributed by atoms with Crippen molar-refractivity contribution in [1.82, 2.24) is 9.88 Å². The Hall–Kier alpha value is -4.12. The number of aromatic nitrogens is 1. The summed E-state index contributed by atoms with van der Waals surface area (Å²) in [4.78, 5) is 30.2. The summed E-state index contributed by atoms with van der Waals surface area (Å²) in [6.45, 7) is 4.52. The smallest absolute Gasteiger partial charge is 0.490 e. The van der Waals surface area contributed by atoms with Crippen LogP contribution in [0.4, 0.5) is 24.7 Å². The molecule has 0 saturated heterocycles. The first kappa shape index (κ1) is 30.1. The van der Waals surface area contributed by atoms with Crippen molar-refractivity contribution in [2.24, 2.45) is 0 Å². The Morgan fingerprint density at radius 1 is 1.00 bits per heavy atom. The molecule has 0 atom stereocenters. The van der Waals surface area contributed by atoms with Gasteiger partial charge < -0.3 is 25.3 Å². The van der Waals surface area contributed by atoms with Gasteiger partial charge in [-0.2, -0.15) is 13.2 Å². The van der Waals surface area contributed by atoms with Gasteiger partial charge in [0.15, 0.2) is 0 Å². The third-order valence-electron chi connectivity index (χ3n) is 5.31. The minimum absolute atomic E-state index is 0.128. The van der Waals surface area contributed by atoms with Crippen LogP contribution < -0.4 is 10.2 Å². The number of rotatable bonds is 9. The number of aliphatic carboxylic acids is 1. The lowest BCUT2D eigenvalue weighted by Crippen LogP contribution is -2.26. The maximum atomic E-state index is 12.5. The predicted octanol–water partition coefficient (Wildman–Crippen LogP) is 4.94. The van der Waals surface area contributed by atoms with Crippen LogP contribution in [-0.2, 0) is 11.3 Å². The fraction of sp³-hybridized carbons (Fsp3) is 0.296. The zero-order valence-electron chi connectivity index (χ0n) is 21.4. The summed E-state index contributed by atoms with van der Waals surface area (Å²) in [6.07, 6.45) is -2.40. The number of amides is 1. The summed E-state index contributed by atoms with van der Waals surface area (Å²) in [6, 6.07) is 18.6. The molecule has 0 aliphatic carbocycles. The van der Waals surface area contributed by atoms with E-state index in [9.17, 15) is 23.1 Å². The number of aryl methyl sites for hydroxylation is 1. The molecular formula is C27H31F3N4O4. The number of carboxylic acids is 1. The molecule has 38 heavy (non-hydrogen) atoms. The number of pyridine rings is 1. The maximum Gasteiger partial charge on any atom is 0.490 e. The van der Waals surface area contributed by atoms with E-state index in [0.717, 1.165) is 48.7 Å². The normalized spacial score (nSPS) is 10.9. The molecule has 8 nitrogen and oxygen atoms in total. The lowest BCUT2D eigenvalue weighted by atomic mass is 10.1. The van der Waals surface area contributed by atoms with Crippen molar-refractivity contribution in [3.8, 4) is 5.75 Å². The van der Waals surface area contributed by atoms with E-state index in [1.807, 2.05) is 56.4 Å². The van der Waals surface area contributed by atoms with Crippen LogP contribution in [0.25, 0.3) is 0 Å². The van der Waals surface area contributed by atoms with Gasteiger partial charge in [-0.15, -0.1) is 0 Å². The van der Waals surface area contributed by atoms with Gasteiger partial charge in [-0.25, -0.2) is 9.78 Å². The number of benzene rings is 2. The van der Waals surface area contributed by atoms with Crippen LogP contribution >= 0.6 is 0 Å². The number of carbonyl (C=O) groups is 2. The number of carboxylic acid groups (broad SMARTS) is 1. The summed E-state index contributed by atoms with van der Waals surface area (Å²) in [5.74, 6) is -1.77. The molecule has 3 rings (SSSR count). The molecule has 0 aliphatic heterocycles. The van der Waals surface area contributed by atoms with Crippen molar-refractivity contribution in [3.05, 3.63) is 83.6 Å². The van der Waals surface area contributed by atoms with Crippen molar-refractivity contribution >= 4 is 23.4 Å². The molecule has 3 N–H and O–H groups in total. The molecule has 0 bridgehead atoms. The van der Waals surface area contributed by atoms with Crippen LogP contribution in [0.5, 0.6) is 5.75 Å². The van der Waals surface area contributed by atoms with Crippen LogP contribution in [-0.4, -0.2) is 65.3 Å². The third kappa shape index (κ3) is 10.5. The Bertz CT molecular complexity index is 1220. The molecule has 0 aliphatic rings. The summed E-state index contributed by atoms with van der Waals surface area (Å²) in [5, 5.41) is 19.7. The second-order valence-corrected chi connectivity index (χ2v) is 8.71. The van der Waals surface area contributed by atoms with Gasteiger partial charge in [0.1, 0.15) is 11.6 Å². The Labute approximate surface area is 219 Å². The van der Waals surface area contributed by atoms with Crippen molar-refractivity contribution in [2.45, 2.75) is 26.1 Å². The molecule has 3 aromatic rings. The zero-order valence-corrected chi connectivity index (χ0v) is 21.4. The minimum atomic E-state index is -5.08. The quantitative estimate of drug-likeness (QED) is 0.359. The molecule has 0 fully saturated rings. The summed E-state index contributed by atoms with van der Waals surface area (Å²) in [5.41, 5.74) is 3.51. The number of hydrogen-bond donors (Lipinski definition) is 3. The number of carbonyl (C=O) groups excluding carboxylic acids is 1. The van der Waals surface area contributed by atoms with Gasteiger partial charge in [0.25, 0.3) is 5.91 Å². The molecule has 0 spiro atoms. The Morgan fingerprint density at radius 2 is 1.68 bits per heavy atom.